The highest BCUT2D eigenvalue weighted by molar-refractivity contribution is 5.92. The van der Waals surface area contributed by atoms with Crippen molar-refractivity contribution in [2.45, 2.75) is 19.8 Å². The van der Waals surface area contributed by atoms with Crippen molar-refractivity contribution in [3.8, 4) is 0 Å². The lowest BCUT2D eigenvalue weighted by atomic mass is 10.1. The maximum absolute atomic E-state index is 12.6. The number of carbonyl (C=O) groups is 1. The van der Waals surface area contributed by atoms with Crippen LogP contribution in [0.15, 0.2) is 24.9 Å². The molecular weight excluding hydrogens is 292 g/mol. The van der Waals surface area contributed by atoms with Crippen molar-refractivity contribution >= 4 is 11.7 Å². The van der Waals surface area contributed by atoms with E-state index >= 15 is 0 Å². The summed E-state index contributed by atoms with van der Waals surface area (Å²) < 4.78 is 0. The molecule has 1 aliphatic heterocycles. The van der Waals surface area contributed by atoms with Crippen molar-refractivity contribution in [3.05, 3.63) is 41.9 Å². The molecule has 0 saturated carbocycles. The molecule has 120 valence electrons. The fraction of sp³-hybridized carbons (Fsp3) is 0.438. The van der Waals surface area contributed by atoms with Gasteiger partial charge in [-0.1, -0.05) is 0 Å². The number of fused-ring (bicyclic) bond motifs is 1. The van der Waals surface area contributed by atoms with Crippen LogP contribution in [0.1, 0.15) is 28.7 Å². The number of hydrogen-bond acceptors (Lipinski definition) is 6. The van der Waals surface area contributed by atoms with Crippen molar-refractivity contribution in [2.75, 3.05) is 31.6 Å². The highest BCUT2D eigenvalue weighted by atomic mass is 16.2. The highest BCUT2D eigenvalue weighted by Gasteiger charge is 2.24. The molecular formula is C16H20N6O. The molecule has 0 fully saturated rings. The zero-order chi connectivity index (χ0) is 16.2. The topological polar surface area (TPSA) is 75.1 Å². The molecule has 7 nitrogen and oxygen atoms in total. The van der Waals surface area contributed by atoms with E-state index in [1.54, 1.807) is 18.7 Å². The molecule has 0 saturated heterocycles. The van der Waals surface area contributed by atoms with Crippen molar-refractivity contribution < 1.29 is 4.79 Å². The number of nitrogens with zero attached hydrogens (tertiary/aromatic N) is 6. The van der Waals surface area contributed by atoms with E-state index < -0.39 is 0 Å². The summed E-state index contributed by atoms with van der Waals surface area (Å²) in [5.74, 6) is 0.885. The van der Waals surface area contributed by atoms with E-state index in [1.165, 1.54) is 6.20 Å². The Bertz CT molecular complexity index is 690. The average molecular weight is 312 g/mol. The Labute approximate surface area is 135 Å². The molecule has 0 bridgehead atoms. The van der Waals surface area contributed by atoms with E-state index in [1.807, 2.05) is 11.9 Å². The lowest BCUT2D eigenvalue weighted by Crippen LogP contribution is -2.34. The molecule has 1 amide bonds. The lowest BCUT2D eigenvalue weighted by molar-refractivity contribution is 0.0756. The summed E-state index contributed by atoms with van der Waals surface area (Å²) >= 11 is 0. The van der Waals surface area contributed by atoms with Gasteiger partial charge in [-0.15, -0.1) is 0 Å². The maximum Gasteiger partial charge on any atom is 0.274 e. The molecule has 0 spiro atoms. The molecule has 2 aromatic rings. The van der Waals surface area contributed by atoms with Gasteiger partial charge in [0.25, 0.3) is 5.91 Å². The Morgan fingerprint density at radius 1 is 1.22 bits per heavy atom. The smallest absolute Gasteiger partial charge is 0.274 e. The van der Waals surface area contributed by atoms with Gasteiger partial charge in [-0.3, -0.25) is 9.78 Å². The van der Waals surface area contributed by atoms with E-state index in [9.17, 15) is 4.79 Å². The second kappa shape index (κ2) is 6.68. The molecule has 0 atom stereocenters. The van der Waals surface area contributed by atoms with Crippen molar-refractivity contribution in [1.29, 1.82) is 0 Å². The first kappa shape index (κ1) is 15.3. The molecule has 1 aliphatic rings. The zero-order valence-corrected chi connectivity index (χ0v) is 13.4. The van der Waals surface area contributed by atoms with Crippen LogP contribution in [0.2, 0.25) is 0 Å². The minimum absolute atomic E-state index is 0.0794. The van der Waals surface area contributed by atoms with Gasteiger partial charge in [0.1, 0.15) is 17.8 Å². The highest BCUT2D eigenvalue weighted by Crippen LogP contribution is 2.23. The van der Waals surface area contributed by atoms with Crippen LogP contribution in [0.5, 0.6) is 0 Å². The SMILES string of the molecule is CCN(C)c1ncnc2c1CCN(C(=O)c1cnccn1)CC2. The summed E-state index contributed by atoms with van der Waals surface area (Å²) in [5, 5.41) is 0. The Balaban J connectivity index is 1.82. The van der Waals surface area contributed by atoms with Crippen molar-refractivity contribution in [2.24, 2.45) is 0 Å². The molecule has 2 aromatic heterocycles. The largest absolute Gasteiger partial charge is 0.360 e. The number of amides is 1. The van der Waals surface area contributed by atoms with E-state index in [2.05, 4.69) is 31.8 Å². The van der Waals surface area contributed by atoms with Crippen molar-refractivity contribution in [1.82, 2.24) is 24.8 Å². The minimum Gasteiger partial charge on any atom is -0.360 e. The summed E-state index contributed by atoms with van der Waals surface area (Å²) in [6.45, 7) is 4.25. The second-order valence-electron chi connectivity index (χ2n) is 5.52. The summed E-state index contributed by atoms with van der Waals surface area (Å²) in [4.78, 5) is 33.4. The second-order valence-corrected chi connectivity index (χ2v) is 5.52. The fourth-order valence-electron chi connectivity index (χ4n) is 2.76. The normalized spacial score (nSPS) is 14.1. The predicted octanol–water partition coefficient (Wildman–Crippen LogP) is 0.964. The van der Waals surface area contributed by atoms with Gasteiger partial charge >= 0.3 is 0 Å². The Morgan fingerprint density at radius 3 is 2.78 bits per heavy atom. The first-order chi connectivity index (χ1) is 11.2. The van der Waals surface area contributed by atoms with Gasteiger partial charge in [0.15, 0.2) is 0 Å². The molecule has 0 aromatic carbocycles. The number of rotatable bonds is 3. The molecule has 3 rings (SSSR count). The molecule has 3 heterocycles. The third-order valence-corrected chi connectivity index (χ3v) is 4.17. The van der Waals surface area contributed by atoms with Crippen LogP contribution in [0.25, 0.3) is 0 Å². The van der Waals surface area contributed by atoms with Crippen LogP contribution in [0, 0.1) is 0 Å². The van der Waals surface area contributed by atoms with E-state index in [-0.39, 0.29) is 5.91 Å². The van der Waals surface area contributed by atoms with Crippen LogP contribution in [-0.2, 0) is 12.8 Å². The number of carbonyl (C=O) groups excluding carboxylic acids is 1. The van der Waals surface area contributed by atoms with Gasteiger partial charge in [0.2, 0.25) is 0 Å². The quantitative estimate of drug-likeness (QED) is 0.840. The van der Waals surface area contributed by atoms with E-state index in [4.69, 9.17) is 0 Å². The van der Waals surface area contributed by atoms with Crippen LogP contribution < -0.4 is 4.90 Å². The zero-order valence-electron chi connectivity index (χ0n) is 13.4. The summed E-state index contributed by atoms with van der Waals surface area (Å²) in [6.07, 6.45) is 7.71. The molecule has 7 heteroatoms. The van der Waals surface area contributed by atoms with Gasteiger partial charge < -0.3 is 9.80 Å². The van der Waals surface area contributed by atoms with Gasteiger partial charge in [-0.25, -0.2) is 15.0 Å². The predicted molar refractivity (Wildman–Crippen MR) is 86.3 cm³/mol. The fourth-order valence-corrected chi connectivity index (χ4v) is 2.76. The standard InChI is InChI=1S/C16H20N6O/c1-3-21(2)15-12-4-8-22(9-5-13(12)19-11-20-15)16(23)14-10-17-6-7-18-14/h6-7,10-11H,3-5,8-9H2,1-2H3. The third-order valence-electron chi connectivity index (χ3n) is 4.17. The van der Waals surface area contributed by atoms with Gasteiger partial charge in [-0.05, 0) is 13.3 Å². The number of hydrogen-bond donors (Lipinski definition) is 0. The van der Waals surface area contributed by atoms with Crippen LogP contribution in [0.3, 0.4) is 0 Å². The maximum atomic E-state index is 12.6. The first-order valence-corrected chi connectivity index (χ1v) is 7.80. The van der Waals surface area contributed by atoms with Gasteiger partial charge in [0, 0.05) is 51.1 Å². The molecule has 0 aliphatic carbocycles. The molecule has 23 heavy (non-hydrogen) atoms. The Hall–Kier alpha value is -2.57. The van der Waals surface area contributed by atoms with Gasteiger partial charge in [-0.2, -0.15) is 0 Å². The van der Waals surface area contributed by atoms with Gasteiger partial charge in [0.05, 0.1) is 11.9 Å². The van der Waals surface area contributed by atoms with Crippen molar-refractivity contribution in [3.63, 3.8) is 0 Å². The average Bonchev–Trinajstić information content (AvgIpc) is 2.83. The summed E-state index contributed by atoms with van der Waals surface area (Å²) in [7, 11) is 2.02. The third kappa shape index (κ3) is 3.13. The van der Waals surface area contributed by atoms with Crippen LogP contribution in [0.4, 0.5) is 5.82 Å². The first-order valence-electron chi connectivity index (χ1n) is 7.80. The number of aromatic nitrogens is 4. The molecule has 0 radical (unpaired) electrons. The monoisotopic (exact) mass is 312 g/mol. The molecule has 0 unspecified atom stereocenters. The summed E-state index contributed by atoms with van der Waals surface area (Å²) in [5.41, 5.74) is 2.56. The lowest BCUT2D eigenvalue weighted by Gasteiger charge is -2.20. The summed E-state index contributed by atoms with van der Waals surface area (Å²) in [6, 6.07) is 0. The van der Waals surface area contributed by atoms with Crippen LogP contribution >= 0.6 is 0 Å². The Morgan fingerprint density at radius 2 is 2.04 bits per heavy atom. The van der Waals surface area contributed by atoms with Crippen LogP contribution in [-0.4, -0.2) is 57.4 Å². The van der Waals surface area contributed by atoms with E-state index in [0.29, 0.717) is 18.8 Å². The van der Waals surface area contributed by atoms with E-state index in [0.717, 1.165) is 36.5 Å². The minimum atomic E-state index is -0.0794. The Kier molecular flexibility index (Phi) is 4.45. The number of anilines is 1. The molecule has 0 N–H and O–H groups in total.